The molecule has 20 heavy (non-hydrogen) atoms. The summed E-state index contributed by atoms with van der Waals surface area (Å²) in [6.45, 7) is 4.50. The number of benzene rings is 1. The van der Waals surface area contributed by atoms with Crippen molar-refractivity contribution in [2.45, 2.75) is 26.3 Å². The van der Waals surface area contributed by atoms with Crippen LogP contribution in [0.15, 0.2) is 18.2 Å². The molecular formula is C15H16ClN3O. The fraction of sp³-hybridized carbons (Fsp3) is 0.333. The van der Waals surface area contributed by atoms with E-state index >= 15 is 0 Å². The molecule has 0 spiro atoms. The number of ether oxygens (including phenoxy) is 1. The van der Waals surface area contributed by atoms with Gasteiger partial charge in [0, 0.05) is 16.8 Å². The summed E-state index contributed by atoms with van der Waals surface area (Å²) in [5.74, 6) is 1.21. The number of methoxy groups -OCH3 is 1. The van der Waals surface area contributed by atoms with E-state index in [9.17, 15) is 0 Å². The average molecular weight is 290 g/mol. The van der Waals surface area contributed by atoms with Crippen molar-refractivity contribution in [2.75, 3.05) is 7.11 Å². The normalized spacial score (nSPS) is 10.3. The lowest BCUT2D eigenvalue weighted by Crippen LogP contribution is -2.06. The van der Waals surface area contributed by atoms with Gasteiger partial charge in [-0.3, -0.25) is 4.68 Å². The van der Waals surface area contributed by atoms with Crippen molar-refractivity contribution in [2.24, 2.45) is 0 Å². The van der Waals surface area contributed by atoms with Gasteiger partial charge in [-0.15, -0.1) is 11.6 Å². The van der Waals surface area contributed by atoms with Crippen molar-refractivity contribution >= 4 is 11.6 Å². The molecule has 1 heterocycles. The van der Waals surface area contributed by atoms with Crippen molar-refractivity contribution < 1.29 is 4.74 Å². The van der Waals surface area contributed by atoms with Crippen LogP contribution in [0, 0.1) is 25.2 Å². The minimum Gasteiger partial charge on any atom is -0.496 e. The van der Waals surface area contributed by atoms with Crippen LogP contribution < -0.4 is 4.74 Å². The Bertz CT molecular complexity index is 670. The number of alkyl halides is 1. The van der Waals surface area contributed by atoms with Gasteiger partial charge in [0.1, 0.15) is 5.75 Å². The van der Waals surface area contributed by atoms with Crippen LogP contribution in [0.2, 0.25) is 0 Å². The number of aromatic nitrogens is 2. The van der Waals surface area contributed by atoms with Crippen LogP contribution in [-0.2, 0) is 12.4 Å². The van der Waals surface area contributed by atoms with Gasteiger partial charge in [-0.1, -0.05) is 0 Å². The number of aryl methyl sites for hydroxylation is 1. The Morgan fingerprint density at radius 2 is 2.15 bits per heavy atom. The number of hydrogen-bond donors (Lipinski definition) is 0. The predicted octanol–water partition coefficient (Wildman–Crippen LogP) is 3.17. The molecule has 0 unspecified atom stereocenters. The van der Waals surface area contributed by atoms with Gasteiger partial charge < -0.3 is 4.74 Å². The van der Waals surface area contributed by atoms with E-state index in [-0.39, 0.29) is 0 Å². The maximum absolute atomic E-state index is 9.00. The number of halogens is 1. The zero-order valence-electron chi connectivity index (χ0n) is 11.8. The highest BCUT2D eigenvalue weighted by atomic mass is 35.5. The summed E-state index contributed by atoms with van der Waals surface area (Å²) in [5, 5.41) is 13.5. The Morgan fingerprint density at radius 1 is 1.40 bits per heavy atom. The molecule has 0 saturated carbocycles. The van der Waals surface area contributed by atoms with E-state index in [0.717, 1.165) is 28.3 Å². The number of nitriles is 1. The van der Waals surface area contributed by atoms with Crippen molar-refractivity contribution in [3.8, 4) is 11.8 Å². The number of rotatable bonds is 4. The lowest BCUT2D eigenvalue weighted by atomic mass is 10.1. The molecule has 0 aliphatic carbocycles. The third-order valence-corrected chi connectivity index (χ3v) is 3.66. The molecule has 0 fully saturated rings. The maximum Gasteiger partial charge on any atom is 0.124 e. The average Bonchev–Trinajstić information content (AvgIpc) is 2.72. The molecule has 0 amide bonds. The van der Waals surface area contributed by atoms with Crippen LogP contribution in [0.1, 0.15) is 28.1 Å². The Hall–Kier alpha value is -1.99. The Labute approximate surface area is 123 Å². The molecule has 0 saturated heterocycles. The summed E-state index contributed by atoms with van der Waals surface area (Å²) in [4.78, 5) is 0. The minimum atomic E-state index is 0.451. The van der Waals surface area contributed by atoms with E-state index in [4.69, 9.17) is 21.6 Å². The summed E-state index contributed by atoms with van der Waals surface area (Å²) >= 11 is 5.94. The smallest absolute Gasteiger partial charge is 0.124 e. The Kier molecular flexibility index (Phi) is 4.31. The van der Waals surface area contributed by atoms with Crippen LogP contribution >= 0.6 is 11.6 Å². The molecule has 2 aromatic rings. The lowest BCUT2D eigenvalue weighted by Gasteiger charge is -2.10. The van der Waals surface area contributed by atoms with Crippen LogP contribution in [0.3, 0.4) is 0 Å². The van der Waals surface area contributed by atoms with Gasteiger partial charge in [-0.05, 0) is 32.0 Å². The summed E-state index contributed by atoms with van der Waals surface area (Å²) < 4.78 is 7.24. The van der Waals surface area contributed by atoms with E-state index in [1.165, 1.54) is 0 Å². The predicted molar refractivity (Wildman–Crippen MR) is 78.1 cm³/mol. The maximum atomic E-state index is 9.00. The molecule has 1 aromatic heterocycles. The first-order chi connectivity index (χ1) is 9.60. The molecule has 0 bridgehead atoms. The van der Waals surface area contributed by atoms with Gasteiger partial charge in [-0.25, -0.2) is 0 Å². The summed E-state index contributed by atoms with van der Waals surface area (Å²) in [6, 6.07) is 7.52. The van der Waals surface area contributed by atoms with E-state index < -0.39 is 0 Å². The second-order valence-electron chi connectivity index (χ2n) is 4.58. The molecule has 5 heteroatoms. The van der Waals surface area contributed by atoms with Gasteiger partial charge >= 0.3 is 0 Å². The molecule has 0 aliphatic heterocycles. The van der Waals surface area contributed by atoms with Crippen LogP contribution in [0.5, 0.6) is 5.75 Å². The van der Waals surface area contributed by atoms with Gasteiger partial charge in [0.05, 0.1) is 36.9 Å². The highest BCUT2D eigenvalue weighted by Gasteiger charge is 2.13. The molecule has 0 radical (unpaired) electrons. The van der Waals surface area contributed by atoms with E-state index in [0.29, 0.717) is 18.0 Å². The zero-order chi connectivity index (χ0) is 14.7. The fourth-order valence-corrected chi connectivity index (χ4v) is 2.60. The van der Waals surface area contributed by atoms with Crippen molar-refractivity contribution in [3.63, 3.8) is 0 Å². The molecule has 4 nitrogen and oxygen atoms in total. The quantitative estimate of drug-likeness (QED) is 0.812. The Morgan fingerprint density at radius 3 is 2.70 bits per heavy atom. The summed E-state index contributed by atoms with van der Waals surface area (Å²) in [5.41, 5.74) is 4.58. The first kappa shape index (κ1) is 14.4. The van der Waals surface area contributed by atoms with Gasteiger partial charge in [-0.2, -0.15) is 10.4 Å². The fourth-order valence-electron chi connectivity index (χ4n) is 2.21. The summed E-state index contributed by atoms with van der Waals surface area (Å²) in [6.07, 6.45) is 0. The standard InChI is InChI=1S/C15H16ClN3O/c1-10-14(7-16)11(2)19(18-10)9-13-6-12(8-17)4-5-15(13)20-3/h4-6H,7,9H2,1-3H3. The van der Waals surface area contributed by atoms with Gasteiger partial charge in [0.25, 0.3) is 0 Å². The molecule has 0 aliphatic rings. The second-order valence-corrected chi connectivity index (χ2v) is 4.85. The van der Waals surface area contributed by atoms with Gasteiger partial charge in [0.15, 0.2) is 0 Å². The van der Waals surface area contributed by atoms with Crippen LogP contribution in [0.25, 0.3) is 0 Å². The number of hydrogen-bond acceptors (Lipinski definition) is 3. The molecule has 2 rings (SSSR count). The highest BCUT2D eigenvalue weighted by Crippen LogP contribution is 2.23. The first-order valence-corrected chi connectivity index (χ1v) is 6.80. The molecule has 0 N–H and O–H groups in total. The molecule has 104 valence electrons. The third-order valence-electron chi connectivity index (χ3n) is 3.39. The SMILES string of the molecule is COc1ccc(C#N)cc1Cn1nc(C)c(CCl)c1C. The summed E-state index contributed by atoms with van der Waals surface area (Å²) in [7, 11) is 1.62. The van der Waals surface area contributed by atoms with Crippen molar-refractivity contribution in [1.29, 1.82) is 5.26 Å². The first-order valence-electron chi connectivity index (χ1n) is 6.26. The number of nitrogens with zero attached hydrogens (tertiary/aromatic N) is 3. The Balaban J connectivity index is 2.42. The van der Waals surface area contributed by atoms with Gasteiger partial charge in [0.2, 0.25) is 0 Å². The lowest BCUT2D eigenvalue weighted by molar-refractivity contribution is 0.407. The van der Waals surface area contributed by atoms with Crippen molar-refractivity contribution in [3.05, 3.63) is 46.3 Å². The van der Waals surface area contributed by atoms with Crippen molar-refractivity contribution in [1.82, 2.24) is 9.78 Å². The minimum absolute atomic E-state index is 0.451. The molecular weight excluding hydrogens is 274 g/mol. The third kappa shape index (κ3) is 2.63. The largest absolute Gasteiger partial charge is 0.496 e. The molecule has 0 atom stereocenters. The highest BCUT2D eigenvalue weighted by molar-refractivity contribution is 6.17. The van der Waals surface area contributed by atoms with Crippen LogP contribution in [0.4, 0.5) is 0 Å². The topological polar surface area (TPSA) is 50.8 Å². The second kappa shape index (κ2) is 5.98. The molecule has 1 aromatic carbocycles. The van der Waals surface area contributed by atoms with Crippen LogP contribution in [-0.4, -0.2) is 16.9 Å². The monoisotopic (exact) mass is 289 g/mol. The van der Waals surface area contributed by atoms with E-state index in [2.05, 4.69) is 11.2 Å². The van der Waals surface area contributed by atoms with E-state index in [1.54, 1.807) is 13.2 Å². The zero-order valence-corrected chi connectivity index (χ0v) is 12.5. The van der Waals surface area contributed by atoms with E-state index in [1.807, 2.05) is 30.7 Å².